The quantitative estimate of drug-likeness (QED) is 0.657. The molecule has 2 aromatic heterocycles. The third kappa shape index (κ3) is 3.25. The Kier molecular flexibility index (Phi) is 4.82. The largest absolute Gasteiger partial charge is 0.375 e. The molecule has 144 valence electrons. The lowest BCUT2D eigenvalue weighted by Gasteiger charge is -2.21. The highest BCUT2D eigenvalue weighted by molar-refractivity contribution is 7.84. The van der Waals surface area contributed by atoms with Crippen LogP contribution in [0.15, 0.2) is 47.1 Å². The summed E-state index contributed by atoms with van der Waals surface area (Å²) in [4.78, 5) is 26.9. The third-order valence-electron chi connectivity index (χ3n) is 4.75. The normalized spacial score (nSPS) is 20.5. The van der Waals surface area contributed by atoms with Crippen LogP contribution in [0.4, 0.5) is 0 Å². The monoisotopic (exact) mass is 414 g/mol. The number of likely N-dealkylation sites (tertiary alicyclic amines) is 1. The first kappa shape index (κ1) is 18.9. The number of hydrogen-bond acceptors (Lipinski definition) is 7. The van der Waals surface area contributed by atoms with E-state index in [1.54, 1.807) is 30.3 Å². The fourth-order valence-electron chi connectivity index (χ4n) is 3.18. The summed E-state index contributed by atoms with van der Waals surface area (Å²) in [5, 5.41) is 13.8. The molecule has 3 aromatic rings. The summed E-state index contributed by atoms with van der Waals surface area (Å²) in [5.41, 5.74) is 1.16. The van der Waals surface area contributed by atoms with Crippen molar-refractivity contribution in [2.45, 2.75) is 17.2 Å². The minimum absolute atomic E-state index is 0.264. The third-order valence-corrected chi connectivity index (χ3v) is 6.36. The summed E-state index contributed by atoms with van der Waals surface area (Å²) in [6.45, 7) is 0.524. The van der Waals surface area contributed by atoms with Gasteiger partial charge in [0.1, 0.15) is 10.7 Å². The Balaban J connectivity index is 1.68. The van der Waals surface area contributed by atoms with Crippen molar-refractivity contribution in [3.63, 3.8) is 0 Å². The van der Waals surface area contributed by atoms with Gasteiger partial charge >= 0.3 is 0 Å². The number of nitrogens with zero attached hydrogens (tertiary/aromatic N) is 4. The van der Waals surface area contributed by atoms with Gasteiger partial charge in [0, 0.05) is 43.4 Å². The lowest BCUT2D eigenvalue weighted by Crippen LogP contribution is -2.36. The van der Waals surface area contributed by atoms with Gasteiger partial charge in [0.25, 0.3) is 5.91 Å². The number of hydrogen-bond donors (Lipinski definition) is 1. The van der Waals surface area contributed by atoms with E-state index in [0.717, 1.165) is 10.6 Å². The van der Waals surface area contributed by atoms with Crippen LogP contribution in [-0.2, 0) is 21.2 Å². The van der Waals surface area contributed by atoms with Crippen LogP contribution in [0, 0.1) is 0 Å². The Morgan fingerprint density at radius 3 is 2.79 bits per heavy atom. The first-order chi connectivity index (χ1) is 13.4. The molecule has 1 aliphatic rings. The fourth-order valence-corrected chi connectivity index (χ4v) is 4.42. The lowest BCUT2D eigenvalue weighted by atomic mass is 9.91. The predicted molar refractivity (Wildman–Crippen MR) is 107 cm³/mol. The molecule has 4 rings (SSSR count). The van der Waals surface area contributed by atoms with E-state index >= 15 is 0 Å². The zero-order valence-electron chi connectivity index (χ0n) is 15.3. The van der Waals surface area contributed by atoms with Gasteiger partial charge in [-0.3, -0.25) is 9.00 Å². The maximum Gasteiger partial charge on any atom is 0.258 e. The second-order valence-electron chi connectivity index (χ2n) is 6.63. The summed E-state index contributed by atoms with van der Waals surface area (Å²) < 4.78 is 11.6. The zero-order valence-corrected chi connectivity index (χ0v) is 17.0. The zero-order chi connectivity index (χ0) is 19.9. The molecule has 1 saturated heterocycles. The SMILES string of the molecule is CN1CC[C@@](O)(c2cccc(-c3nc(-c4ccnc(S(C)=O)n4)cs3)c2)C1=O. The molecule has 7 nitrogen and oxygen atoms in total. The van der Waals surface area contributed by atoms with Crippen molar-refractivity contribution in [3.05, 3.63) is 47.5 Å². The van der Waals surface area contributed by atoms with E-state index in [4.69, 9.17) is 0 Å². The van der Waals surface area contributed by atoms with Gasteiger partial charge < -0.3 is 10.0 Å². The van der Waals surface area contributed by atoms with Crippen molar-refractivity contribution in [1.29, 1.82) is 0 Å². The van der Waals surface area contributed by atoms with E-state index in [1.165, 1.54) is 17.6 Å². The Morgan fingerprint density at radius 1 is 1.25 bits per heavy atom. The van der Waals surface area contributed by atoms with Gasteiger partial charge in [0.05, 0.1) is 16.5 Å². The van der Waals surface area contributed by atoms with Gasteiger partial charge in [-0.2, -0.15) is 0 Å². The standard InChI is InChI=1S/C19H18N4O3S2/c1-23-9-7-19(25,17(23)24)13-5-3-4-12(10-13)16-21-15(11-27-16)14-6-8-20-18(22-14)28(2)26/h3-6,8,10-11,25H,7,9H2,1-2H3/t19-,28?/m1/s1. The first-order valence-corrected chi connectivity index (χ1v) is 11.0. The van der Waals surface area contributed by atoms with Crippen LogP contribution < -0.4 is 0 Å². The molecule has 28 heavy (non-hydrogen) atoms. The number of carbonyl (C=O) groups is 1. The highest BCUT2D eigenvalue weighted by Crippen LogP contribution is 2.35. The Labute approximate surface area is 168 Å². The molecular formula is C19H18N4O3S2. The van der Waals surface area contributed by atoms with Crippen molar-refractivity contribution in [1.82, 2.24) is 19.9 Å². The van der Waals surface area contributed by atoms with Crippen LogP contribution in [-0.4, -0.2) is 54.9 Å². The molecule has 1 aromatic carbocycles. The van der Waals surface area contributed by atoms with Gasteiger partial charge in [0.2, 0.25) is 5.16 Å². The molecule has 0 saturated carbocycles. The molecule has 0 aliphatic carbocycles. The molecular weight excluding hydrogens is 396 g/mol. The lowest BCUT2D eigenvalue weighted by molar-refractivity contribution is -0.143. The average Bonchev–Trinajstić information content (AvgIpc) is 3.30. The topological polar surface area (TPSA) is 96.3 Å². The van der Waals surface area contributed by atoms with E-state index in [-0.39, 0.29) is 11.1 Å². The second kappa shape index (κ2) is 7.16. The van der Waals surface area contributed by atoms with Crippen LogP contribution in [0.3, 0.4) is 0 Å². The molecule has 2 atom stereocenters. The molecule has 0 radical (unpaired) electrons. The second-order valence-corrected chi connectivity index (χ2v) is 8.77. The Bertz CT molecular complexity index is 1080. The summed E-state index contributed by atoms with van der Waals surface area (Å²) in [7, 11) is 0.423. The highest BCUT2D eigenvalue weighted by Gasteiger charge is 2.45. The number of amides is 1. The van der Waals surface area contributed by atoms with Crippen molar-refractivity contribution in [2.75, 3.05) is 19.8 Å². The number of aliphatic hydroxyl groups is 1. The van der Waals surface area contributed by atoms with E-state index in [0.29, 0.717) is 29.9 Å². The minimum atomic E-state index is -1.49. The Hall–Kier alpha value is -2.49. The van der Waals surface area contributed by atoms with E-state index < -0.39 is 16.4 Å². The van der Waals surface area contributed by atoms with Crippen LogP contribution in [0.25, 0.3) is 22.0 Å². The van der Waals surface area contributed by atoms with Crippen molar-refractivity contribution < 1.29 is 14.1 Å². The minimum Gasteiger partial charge on any atom is -0.375 e. The molecule has 0 spiro atoms. The smallest absolute Gasteiger partial charge is 0.258 e. The van der Waals surface area contributed by atoms with Crippen molar-refractivity contribution >= 4 is 28.0 Å². The maximum absolute atomic E-state index is 12.4. The van der Waals surface area contributed by atoms with Gasteiger partial charge in [0.15, 0.2) is 5.60 Å². The highest BCUT2D eigenvalue weighted by atomic mass is 32.2. The molecule has 3 heterocycles. The van der Waals surface area contributed by atoms with Gasteiger partial charge in [-0.05, 0) is 17.7 Å². The van der Waals surface area contributed by atoms with Crippen molar-refractivity contribution in [3.8, 4) is 22.0 Å². The predicted octanol–water partition coefficient (Wildman–Crippen LogP) is 2.05. The van der Waals surface area contributed by atoms with E-state index in [9.17, 15) is 14.1 Å². The van der Waals surface area contributed by atoms with Crippen LogP contribution in [0.5, 0.6) is 0 Å². The number of aromatic nitrogens is 3. The molecule has 1 unspecified atom stereocenters. The molecule has 1 fully saturated rings. The molecule has 1 aliphatic heterocycles. The van der Waals surface area contributed by atoms with E-state index in [2.05, 4.69) is 15.0 Å². The summed E-state index contributed by atoms with van der Waals surface area (Å²) >= 11 is 1.44. The molecule has 1 amide bonds. The van der Waals surface area contributed by atoms with Crippen LogP contribution in [0.1, 0.15) is 12.0 Å². The van der Waals surface area contributed by atoms with E-state index in [1.807, 2.05) is 23.6 Å². The average molecular weight is 415 g/mol. The van der Waals surface area contributed by atoms with Gasteiger partial charge in [-0.1, -0.05) is 18.2 Å². The molecule has 9 heteroatoms. The number of benzene rings is 1. The summed E-state index contributed by atoms with van der Waals surface area (Å²) in [5.74, 6) is -0.287. The van der Waals surface area contributed by atoms with Gasteiger partial charge in [-0.15, -0.1) is 11.3 Å². The summed E-state index contributed by atoms with van der Waals surface area (Å²) in [6.07, 6.45) is 3.47. The number of carbonyl (C=O) groups excluding carboxylic acids is 1. The number of likely N-dealkylation sites (N-methyl/N-ethyl adjacent to an activating group) is 1. The molecule has 1 N–H and O–H groups in total. The fraction of sp³-hybridized carbons (Fsp3) is 0.263. The number of rotatable bonds is 4. The Morgan fingerprint density at radius 2 is 2.07 bits per heavy atom. The number of thiazole rings is 1. The molecule has 0 bridgehead atoms. The van der Waals surface area contributed by atoms with Crippen LogP contribution >= 0.6 is 11.3 Å². The maximum atomic E-state index is 12.4. The summed E-state index contributed by atoms with van der Waals surface area (Å²) in [6, 6.07) is 9.01. The van der Waals surface area contributed by atoms with Gasteiger partial charge in [-0.25, -0.2) is 15.0 Å². The van der Waals surface area contributed by atoms with Crippen LogP contribution in [0.2, 0.25) is 0 Å². The first-order valence-electron chi connectivity index (χ1n) is 8.60. The van der Waals surface area contributed by atoms with Crippen molar-refractivity contribution in [2.24, 2.45) is 0 Å².